The lowest BCUT2D eigenvalue weighted by molar-refractivity contribution is 0.0786. The van der Waals surface area contributed by atoms with E-state index in [1.54, 1.807) is 20.4 Å². The van der Waals surface area contributed by atoms with Crippen LogP contribution in [0.15, 0.2) is 24.5 Å². The number of carbonyl (C=O) groups is 1. The molecule has 1 aliphatic heterocycles. The standard InChI is InChI=1S/C18H21N3O3/c1-12-8-13(17(24-3)16(9-12)23-2)14-10-19-11-15(20-14)18(22)21-6-4-5-7-21/h8-11H,4-7H2,1-3H3. The van der Waals surface area contributed by atoms with Gasteiger partial charge in [-0.2, -0.15) is 0 Å². The molecule has 1 amide bonds. The van der Waals surface area contributed by atoms with Crippen molar-refractivity contribution in [2.24, 2.45) is 0 Å². The van der Waals surface area contributed by atoms with Gasteiger partial charge in [0.15, 0.2) is 11.5 Å². The maximum Gasteiger partial charge on any atom is 0.274 e. The van der Waals surface area contributed by atoms with Crippen LogP contribution in [0.4, 0.5) is 0 Å². The molecule has 0 bridgehead atoms. The number of nitrogens with zero attached hydrogens (tertiary/aromatic N) is 3. The third-order valence-corrected chi connectivity index (χ3v) is 4.15. The number of benzene rings is 1. The van der Waals surface area contributed by atoms with Gasteiger partial charge in [0.1, 0.15) is 5.69 Å². The van der Waals surface area contributed by atoms with Crippen LogP contribution in [0.25, 0.3) is 11.3 Å². The van der Waals surface area contributed by atoms with Crippen molar-refractivity contribution in [3.8, 4) is 22.8 Å². The molecule has 0 N–H and O–H groups in total. The normalized spacial score (nSPS) is 13.9. The molecular weight excluding hydrogens is 306 g/mol. The number of hydrogen-bond donors (Lipinski definition) is 0. The summed E-state index contributed by atoms with van der Waals surface area (Å²) in [5, 5.41) is 0. The van der Waals surface area contributed by atoms with Crippen LogP contribution in [-0.4, -0.2) is 48.1 Å². The SMILES string of the molecule is COc1cc(C)cc(-c2cncc(C(=O)N3CCCC3)n2)c1OC. The van der Waals surface area contributed by atoms with Gasteiger partial charge in [-0.05, 0) is 37.5 Å². The summed E-state index contributed by atoms with van der Waals surface area (Å²) in [6.45, 7) is 3.54. The quantitative estimate of drug-likeness (QED) is 0.864. The van der Waals surface area contributed by atoms with Crippen molar-refractivity contribution in [1.29, 1.82) is 0 Å². The molecule has 0 atom stereocenters. The number of ether oxygens (including phenoxy) is 2. The molecule has 0 spiro atoms. The largest absolute Gasteiger partial charge is 0.493 e. The Labute approximate surface area is 141 Å². The Balaban J connectivity index is 2.03. The predicted octanol–water partition coefficient (Wildman–Crippen LogP) is 2.71. The Bertz CT molecular complexity index is 755. The van der Waals surface area contributed by atoms with Crippen LogP contribution in [0.1, 0.15) is 28.9 Å². The number of aryl methyl sites for hydroxylation is 1. The van der Waals surface area contributed by atoms with Crippen molar-refractivity contribution in [2.75, 3.05) is 27.3 Å². The fraction of sp³-hybridized carbons (Fsp3) is 0.389. The second kappa shape index (κ2) is 6.86. The summed E-state index contributed by atoms with van der Waals surface area (Å²) in [6, 6.07) is 3.85. The highest BCUT2D eigenvalue weighted by Gasteiger charge is 2.22. The van der Waals surface area contributed by atoms with Gasteiger partial charge in [-0.25, -0.2) is 4.98 Å². The van der Waals surface area contributed by atoms with Crippen LogP contribution >= 0.6 is 0 Å². The van der Waals surface area contributed by atoms with Crippen LogP contribution in [0, 0.1) is 6.92 Å². The Hall–Kier alpha value is -2.63. The van der Waals surface area contributed by atoms with Crippen molar-refractivity contribution in [2.45, 2.75) is 19.8 Å². The molecule has 1 saturated heterocycles. The van der Waals surface area contributed by atoms with E-state index in [9.17, 15) is 4.79 Å². The Morgan fingerprint density at radius 3 is 2.54 bits per heavy atom. The van der Waals surface area contributed by atoms with Gasteiger partial charge in [-0.15, -0.1) is 0 Å². The fourth-order valence-corrected chi connectivity index (χ4v) is 2.97. The number of likely N-dealkylation sites (tertiary alicyclic amines) is 1. The second-order valence-electron chi connectivity index (χ2n) is 5.84. The van der Waals surface area contributed by atoms with E-state index >= 15 is 0 Å². The van der Waals surface area contributed by atoms with Crippen molar-refractivity contribution in [3.05, 3.63) is 35.8 Å². The lowest BCUT2D eigenvalue weighted by Crippen LogP contribution is -2.28. The van der Waals surface area contributed by atoms with Crippen LogP contribution in [0.5, 0.6) is 11.5 Å². The van der Waals surface area contributed by atoms with Gasteiger partial charge in [0.05, 0.1) is 32.3 Å². The lowest BCUT2D eigenvalue weighted by Gasteiger charge is -2.16. The molecular formula is C18H21N3O3. The maximum absolute atomic E-state index is 12.5. The zero-order valence-electron chi connectivity index (χ0n) is 14.2. The molecule has 1 aromatic carbocycles. The Kier molecular flexibility index (Phi) is 4.64. The van der Waals surface area contributed by atoms with Gasteiger partial charge in [-0.3, -0.25) is 9.78 Å². The summed E-state index contributed by atoms with van der Waals surface area (Å²) in [6.07, 6.45) is 5.24. The third-order valence-electron chi connectivity index (χ3n) is 4.15. The van der Waals surface area contributed by atoms with E-state index in [0.29, 0.717) is 22.9 Å². The summed E-state index contributed by atoms with van der Waals surface area (Å²) in [4.78, 5) is 23.1. The molecule has 126 valence electrons. The van der Waals surface area contributed by atoms with E-state index in [4.69, 9.17) is 9.47 Å². The molecule has 0 saturated carbocycles. The molecule has 1 fully saturated rings. The number of aromatic nitrogens is 2. The van der Waals surface area contributed by atoms with Gasteiger partial charge in [0.25, 0.3) is 5.91 Å². The molecule has 24 heavy (non-hydrogen) atoms. The molecule has 2 aromatic rings. The number of rotatable bonds is 4. The number of methoxy groups -OCH3 is 2. The number of amides is 1. The summed E-state index contributed by atoms with van der Waals surface area (Å²) in [7, 11) is 3.18. The topological polar surface area (TPSA) is 64.5 Å². The fourth-order valence-electron chi connectivity index (χ4n) is 2.97. The molecule has 0 unspecified atom stereocenters. The zero-order valence-corrected chi connectivity index (χ0v) is 14.2. The predicted molar refractivity (Wildman–Crippen MR) is 90.4 cm³/mol. The number of hydrogen-bond acceptors (Lipinski definition) is 5. The molecule has 2 heterocycles. The second-order valence-corrected chi connectivity index (χ2v) is 5.84. The minimum Gasteiger partial charge on any atom is -0.493 e. The Morgan fingerprint density at radius 1 is 1.12 bits per heavy atom. The first-order chi connectivity index (χ1) is 11.6. The van der Waals surface area contributed by atoms with Crippen LogP contribution < -0.4 is 9.47 Å². The van der Waals surface area contributed by atoms with E-state index in [0.717, 1.165) is 37.1 Å². The summed E-state index contributed by atoms with van der Waals surface area (Å²) in [5.41, 5.74) is 2.73. The van der Waals surface area contributed by atoms with Gasteiger partial charge in [-0.1, -0.05) is 0 Å². The average molecular weight is 327 g/mol. The van der Waals surface area contributed by atoms with Crippen molar-refractivity contribution >= 4 is 5.91 Å². The molecule has 3 rings (SSSR count). The first-order valence-electron chi connectivity index (χ1n) is 7.98. The molecule has 1 aliphatic rings. The number of carbonyl (C=O) groups excluding carboxylic acids is 1. The van der Waals surface area contributed by atoms with Crippen molar-refractivity contribution in [3.63, 3.8) is 0 Å². The van der Waals surface area contributed by atoms with E-state index < -0.39 is 0 Å². The highest BCUT2D eigenvalue weighted by molar-refractivity contribution is 5.92. The highest BCUT2D eigenvalue weighted by atomic mass is 16.5. The minimum absolute atomic E-state index is 0.0690. The van der Waals surface area contributed by atoms with E-state index in [-0.39, 0.29) is 5.91 Å². The smallest absolute Gasteiger partial charge is 0.274 e. The third kappa shape index (κ3) is 3.04. The first kappa shape index (κ1) is 16.2. The van der Waals surface area contributed by atoms with Gasteiger partial charge in [0.2, 0.25) is 0 Å². The average Bonchev–Trinajstić information content (AvgIpc) is 3.15. The summed E-state index contributed by atoms with van der Waals surface area (Å²) < 4.78 is 10.9. The Morgan fingerprint density at radius 2 is 1.88 bits per heavy atom. The maximum atomic E-state index is 12.5. The minimum atomic E-state index is -0.0690. The van der Waals surface area contributed by atoms with Gasteiger partial charge >= 0.3 is 0 Å². The van der Waals surface area contributed by atoms with E-state index in [2.05, 4.69) is 9.97 Å². The van der Waals surface area contributed by atoms with Gasteiger partial charge < -0.3 is 14.4 Å². The molecule has 0 aliphatic carbocycles. The molecule has 1 aromatic heterocycles. The van der Waals surface area contributed by atoms with Crippen LogP contribution in [0.2, 0.25) is 0 Å². The van der Waals surface area contributed by atoms with E-state index in [1.165, 1.54) is 6.20 Å². The highest BCUT2D eigenvalue weighted by Crippen LogP contribution is 2.38. The summed E-state index contributed by atoms with van der Waals surface area (Å²) in [5.74, 6) is 1.15. The molecule has 6 heteroatoms. The first-order valence-corrected chi connectivity index (χ1v) is 7.98. The van der Waals surface area contributed by atoms with Crippen LogP contribution in [0.3, 0.4) is 0 Å². The van der Waals surface area contributed by atoms with Crippen molar-refractivity contribution in [1.82, 2.24) is 14.9 Å². The zero-order chi connectivity index (χ0) is 17.1. The van der Waals surface area contributed by atoms with Crippen molar-refractivity contribution < 1.29 is 14.3 Å². The summed E-state index contributed by atoms with van der Waals surface area (Å²) >= 11 is 0. The van der Waals surface area contributed by atoms with Crippen LogP contribution in [-0.2, 0) is 0 Å². The van der Waals surface area contributed by atoms with Gasteiger partial charge in [0, 0.05) is 18.7 Å². The lowest BCUT2D eigenvalue weighted by atomic mass is 10.1. The molecule has 6 nitrogen and oxygen atoms in total. The van der Waals surface area contributed by atoms with E-state index in [1.807, 2.05) is 24.0 Å². The monoisotopic (exact) mass is 327 g/mol. The molecule has 0 radical (unpaired) electrons.